The zero-order chi connectivity index (χ0) is 18.1. The predicted octanol–water partition coefficient (Wildman–Crippen LogP) is -0.514. The average molecular weight is 356 g/mol. The summed E-state index contributed by atoms with van der Waals surface area (Å²) in [4.78, 5) is 31.8. The lowest BCUT2D eigenvalue weighted by atomic mass is 10.1. The SMILES string of the molecule is C[N+](C)(C)CCOP(=O)(O)OC(C(=O)CCCC=O)[C@@H](O)CO. The molecule has 0 saturated carbocycles. The first-order valence-corrected chi connectivity index (χ1v) is 8.73. The van der Waals surface area contributed by atoms with E-state index in [-0.39, 0.29) is 25.9 Å². The van der Waals surface area contributed by atoms with Crippen LogP contribution in [0.1, 0.15) is 19.3 Å². The molecule has 3 atom stereocenters. The van der Waals surface area contributed by atoms with Gasteiger partial charge in [0.25, 0.3) is 0 Å². The maximum Gasteiger partial charge on any atom is 0.473 e. The van der Waals surface area contributed by atoms with Crippen molar-refractivity contribution in [3.8, 4) is 0 Å². The minimum atomic E-state index is -4.57. The second-order valence-electron chi connectivity index (χ2n) is 6.12. The van der Waals surface area contributed by atoms with Gasteiger partial charge in [-0.1, -0.05) is 0 Å². The number of rotatable bonds is 13. The molecule has 10 heteroatoms. The Labute approximate surface area is 136 Å². The maximum atomic E-state index is 11.9. The number of hydrogen-bond acceptors (Lipinski definition) is 7. The number of phosphoric ester groups is 1. The quantitative estimate of drug-likeness (QED) is 0.174. The van der Waals surface area contributed by atoms with Crippen molar-refractivity contribution in [1.29, 1.82) is 0 Å². The van der Waals surface area contributed by atoms with Crippen molar-refractivity contribution in [2.75, 3.05) is 40.9 Å². The largest absolute Gasteiger partial charge is 0.473 e. The van der Waals surface area contributed by atoms with Gasteiger partial charge in [0.05, 0.1) is 27.7 Å². The summed E-state index contributed by atoms with van der Waals surface area (Å²) in [5.41, 5.74) is 0. The van der Waals surface area contributed by atoms with E-state index in [0.29, 0.717) is 17.3 Å². The molecule has 0 heterocycles. The molecule has 2 unspecified atom stereocenters. The molecule has 0 bridgehead atoms. The van der Waals surface area contributed by atoms with Crippen LogP contribution in [-0.2, 0) is 23.2 Å². The number of aliphatic hydroxyl groups is 2. The van der Waals surface area contributed by atoms with Crippen molar-refractivity contribution < 1.29 is 42.8 Å². The summed E-state index contributed by atoms with van der Waals surface area (Å²) in [5, 5.41) is 18.6. The Balaban J connectivity index is 4.70. The average Bonchev–Trinajstić information content (AvgIpc) is 2.42. The molecule has 0 spiro atoms. The fraction of sp³-hybridized carbons (Fsp3) is 0.846. The summed E-state index contributed by atoms with van der Waals surface area (Å²) >= 11 is 0. The Kier molecular flexibility index (Phi) is 9.95. The van der Waals surface area contributed by atoms with Crippen LogP contribution in [0.15, 0.2) is 0 Å². The predicted molar refractivity (Wildman–Crippen MR) is 81.6 cm³/mol. The van der Waals surface area contributed by atoms with Gasteiger partial charge in [0.15, 0.2) is 11.9 Å². The van der Waals surface area contributed by atoms with E-state index in [4.69, 9.17) is 14.2 Å². The summed E-state index contributed by atoms with van der Waals surface area (Å²) in [5.74, 6) is -0.683. The number of quaternary nitrogens is 1. The van der Waals surface area contributed by atoms with Gasteiger partial charge in [0, 0.05) is 12.8 Å². The van der Waals surface area contributed by atoms with Crippen LogP contribution >= 0.6 is 7.82 Å². The number of likely N-dealkylation sites (N-methyl/N-ethyl adjacent to an activating group) is 1. The van der Waals surface area contributed by atoms with Gasteiger partial charge in [-0.25, -0.2) is 4.57 Å². The molecule has 0 aliphatic rings. The second kappa shape index (κ2) is 10.2. The molecule has 0 saturated heterocycles. The number of aldehydes is 1. The molecule has 136 valence electrons. The van der Waals surface area contributed by atoms with Gasteiger partial charge in [-0.3, -0.25) is 13.8 Å². The van der Waals surface area contributed by atoms with Gasteiger partial charge in [0.2, 0.25) is 0 Å². The highest BCUT2D eigenvalue weighted by Crippen LogP contribution is 2.45. The Morgan fingerprint density at radius 1 is 1.35 bits per heavy atom. The van der Waals surface area contributed by atoms with Crippen LogP contribution in [0, 0.1) is 0 Å². The van der Waals surface area contributed by atoms with E-state index < -0.39 is 32.4 Å². The molecule has 3 N–H and O–H groups in total. The summed E-state index contributed by atoms with van der Waals surface area (Å²) in [7, 11) is 1.02. The van der Waals surface area contributed by atoms with Gasteiger partial charge in [0.1, 0.15) is 25.5 Å². The third-order valence-electron chi connectivity index (χ3n) is 2.86. The van der Waals surface area contributed by atoms with E-state index in [2.05, 4.69) is 0 Å². The van der Waals surface area contributed by atoms with Crippen LogP contribution in [0.25, 0.3) is 0 Å². The Bertz CT molecular complexity index is 423. The molecule has 0 aromatic heterocycles. The zero-order valence-corrected chi connectivity index (χ0v) is 14.6. The number of nitrogens with zero attached hydrogens (tertiary/aromatic N) is 1. The standard InChI is InChI=1S/C13H26NO8P/c1-14(2,3)7-9-21-23(19,20)22-13(12(18)10-16)11(17)6-4-5-8-15/h8,12-13,16,18H,4-7,9-10H2,1-3H3/p+1/t12-,13?/m0/s1. The summed E-state index contributed by atoms with van der Waals surface area (Å²) in [6.45, 7) is -0.476. The summed E-state index contributed by atoms with van der Waals surface area (Å²) in [6.07, 6.45) is -2.47. The normalized spacial score (nSPS) is 17.3. The van der Waals surface area contributed by atoms with Crippen LogP contribution in [0.2, 0.25) is 0 Å². The Hall–Kier alpha value is -0.670. The molecule has 0 aliphatic heterocycles. The molecule has 0 aromatic rings. The third-order valence-corrected chi connectivity index (χ3v) is 3.86. The Morgan fingerprint density at radius 2 is 1.96 bits per heavy atom. The highest BCUT2D eigenvalue weighted by molar-refractivity contribution is 7.47. The topological polar surface area (TPSA) is 130 Å². The lowest BCUT2D eigenvalue weighted by Gasteiger charge is -2.25. The third kappa shape index (κ3) is 10.7. The van der Waals surface area contributed by atoms with Crippen LogP contribution in [-0.4, -0.2) is 84.8 Å². The van der Waals surface area contributed by atoms with Gasteiger partial charge in [-0.2, -0.15) is 0 Å². The smallest absolute Gasteiger partial charge is 0.394 e. The lowest BCUT2D eigenvalue weighted by Crippen LogP contribution is -2.39. The van der Waals surface area contributed by atoms with E-state index >= 15 is 0 Å². The fourth-order valence-corrected chi connectivity index (χ4v) is 2.46. The van der Waals surface area contributed by atoms with E-state index in [9.17, 15) is 24.2 Å². The van der Waals surface area contributed by atoms with Crippen LogP contribution in [0.5, 0.6) is 0 Å². The summed E-state index contributed by atoms with van der Waals surface area (Å²) < 4.78 is 21.9. The van der Waals surface area contributed by atoms with Crippen molar-refractivity contribution >= 4 is 19.9 Å². The van der Waals surface area contributed by atoms with Gasteiger partial charge in [-0.15, -0.1) is 0 Å². The lowest BCUT2D eigenvalue weighted by molar-refractivity contribution is -0.870. The highest BCUT2D eigenvalue weighted by atomic mass is 31.2. The van der Waals surface area contributed by atoms with Crippen molar-refractivity contribution in [2.24, 2.45) is 0 Å². The number of aliphatic hydroxyl groups excluding tert-OH is 2. The van der Waals surface area contributed by atoms with Crippen LogP contribution < -0.4 is 0 Å². The molecular weight excluding hydrogens is 329 g/mol. The van der Waals surface area contributed by atoms with E-state index in [1.165, 1.54) is 0 Å². The molecule has 0 amide bonds. The van der Waals surface area contributed by atoms with Gasteiger partial charge >= 0.3 is 7.82 Å². The van der Waals surface area contributed by atoms with E-state index in [0.717, 1.165) is 0 Å². The minimum absolute atomic E-state index is 0.0848. The number of Topliss-reactive ketones (excluding diaryl/α,β-unsaturated/α-hetero) is 1. The van der Waals surface area contributed by atoms with E-state index in [1.54, 1.807) is 0 Å². The van der Waals surface area contributed by atoms with Crippen molar-refractivity contribution in [2.45, 2.75) is 31.5 Å². The molecule has 0 fully saturated rings. The van der Waals surface area contributed by atoms with Crippen molar-refractivity contribution in [3.05, 3.63) is 0 Å². The van der Waals surface area contributed by atoms with Crippen molar-refractivity contribution in [1.82, 2.24) is 0 Å². The van der Waals surface area contributed by atoms with E-state index in [1.807, 2.05) is 21.1 Å². The highest BCUT2D eigenvalue weighted by Gasteiger charge is 2.35. The first-order chi connectivity index (χ1) is 10.5. The first kappa shape index (κ1) is 22.3. The monoisotopic (exact) mass is 356 g/mol. The minimum Gasteiger partial charge on any atom is -0.394 e. The molecule has 9 nitrogen and oxygen atoms in total. The number of hydrogen-bond donors (Lipinski definition) is 3. The number of unbranched alkanes of at least 4 members (excludes halogenated alkanes) is 1. The Morgan fingerprint density at radius 3 is 2.43 bits per heavy atom. The molecule has 0 rings (SSSR count). The fourth-order valence-electron chi connectivity index (χ4n) is 1.55. The number of carbonyl (C=O) groups excluding carboxylic acids is 2. The molecule has 0 aromatic carbocycles. The maximum absolute atomic E-state index is 11.9. The molecule has 0 radical (unpaired) electrons. The molecule has 23 heavy (non-hydrogen) atoms. The molecular formula is C13H27NO8P+. The van der Waals surface area contributed by atoms with Gasteiger partial charge in [-0.05, 0) is 6.42 Å². The summed E-state index contributed by atoms with van der Waals surface area (Å²) in [6, 6.07) is 0. The number of carbonyl (C=O) groups is 2. The first-order valence-electron chi connectivity index (χ1n) is 7.24. The van der Waals surface area contributed by atoms with Crippen LogP contribution in [0.4, 0.5) is 0 Å². The number of ketones is 1. The zero-order valence-electron chi connectivity index (χ0n) is 13.8. The van der Waals surface area contributed by atoms with Crippen molar-refractivity contribution in [3.63, 3.8) is 0 Å². The van der Waals surface area contributed by atoms with Gasteiger partial charge < -0.3 is 24.4 Å². The van der Waals surface area contributed by atoms with Crippen LogP contribution in [0.3, 0.4) is 0 Å². The second-order valence-corrected chi connectivity index (χ2v) is 7.52. The number of phosphoric acid groups is 1. The molecule has 0 aliphatic carbocycles.